The number of nitrogens with one attached hydrogen (secondary N) is 1. The van der Waals surface area contributed by atoms with Gasteiger partial charge in [-0.2, -0.15) is 5.10 Å². The van der Waals surface area contributed by atoms with E-state index in [1.165, 1.54) is 18.3 Å². The van der Waals surface area contributed by atoms with Gasteiger partial charge in [0, 0.05) is 12.5 Å². The Balaban J connectivity index is 2.06. The van der Waals surface area contributed by atoms with Crippen LogP contribution in [0.5, 0.6) is 5.75 Å². The van der Waals surface area contributed by atoms with E-state index in [4.69, 9.17) is 4.74 Å². The smallest absolute Gasteiger partial charge is 0.204 e. The van der Waals surface area contributed by atoms with Crippen LogP contribution in [-0.4, -0.2) is 23.6 Å². The predicted molar refractivity (Wildman–Crippen MR) is 94.8 cm³/mol. The standard InChI is InChI=1S/C17H21N3O2S/c1-11(2)10-22-15-8-6-5-7-14(15)9-18-20-17-19-12(3)16(23-17)13(4)21/h5-9,11H,10H2,1-4H3,(H,19,20)/b18-9-. The Bertz CT molecular complexity index is 708. The van der Waals surface area contributed by atoms with Crippen molar-refractivity contribution >= 4 is 28.5 Å². The summed E-state index contributed by atoms with van der Waals surface area (Å²) < 4.78 is 5.78. The number of aryl methyl sites for hydroxylation is 1. The highest BCUT2D eigenvalue weighted by molar-refractivity contribution is 7.17. The van der Waals surface area contributed by atoms with Crippen LogP contribution in [0.4, 0.5) is 5.13 Å². The van der Waals surface area contributed by atoms with Crippen LogP contribution in [0.2, 0.25) is 0 Å². The van der Waals surface area contributed by atoms with Crippen molar-refractivity contribution in [3.8, 4) is 5.75 Å². The number of para-hydroxylation sites is 1. The molecule has 0 aliphatic heterocycles. The van der Waals surface area contributed by atoms with Crippen molar-refractivity contribution in [1.29, 1.82) is 0 Å². The molecule has 0 radical (unpaired) electrons. The van der Waals surface area contributed by atoms with E-state index >= 15 is 0 Å². The molecule has 122 valence electrons. The lowest BCUT2D eigenvalue weighted by atomic mass is 10.2. The second kappa shape index (κ2) is 7.87. The van der Waals surface area contributed by atoms with Crippen molar-refractivity contribution in [2.75, 3.05) is 12.0 Å². The Morgan fingerprint density at radius 2 is 2.17 bits per heavy atom. The van der Waals surface area contributed by atoms with E-state index in [1.54, 1.807) is 6.21 Å². The average molecular weight is 331 g/mol. The van der Waals surface area contributed by atoms with Crippen LogP contribution in [0.3, 0.4) is 0 Å². The number of carbonyl (C=O) groups excluding carboxylic acids is 1. The summed E-state index contributed by atoms with van der Waals surface area (Å²) in [5, 5.41) is 4.80. The number of ether oxygens (including phenoxy) is 1. The SMILES string of the molecule is CC(=O)c1sc(N/N=C\c2ccccc2OCC(C)C)nc1C. The molecule has 23 heavy (non-hydrogen) atoms. The minimum absolute atomic E-state index is 0.0180. The zero-order valence-corrected chi connectivity index (χ0v) is 14.6. The van der Waals surface area contributed by atoms with Crippen LogP contribution >= 0.6 is 11.3 Å². The summed E-state index contributed by atoms with van der Waals surface area (Å²) >= 11 is 1.30. The van der Waals surface area contributed by atoms with Crippen LogP contribution in [0.1, 0.15) is 41.7 Å². The molecule has 6 heteroatoms. The van der Waals surface area contributed by atoms with E-state index in [1.807, 2.05) is 31.2 Å². The molecular formula is C17H21N3O2S. The van der Waals surface area contributed by atoms with Gasteiger partial charge in [0.15, 0.2) is 5.78 Å². The lowest BCUT2D eigenvalue weighted by molar-refractivity contribution is 0.102. The lowest BCUT2D eigenvalue weighted by Crippen LogP contribution is -2.06. The van der Waals surface area contributed by atoms with Gasteiger partial charge in [0.1, 0.15) is 5.75 Å². The number of Topliss-reactive ketones (excluding diaryl/α,β-unsaturated/α-hetero) is 1. The average Bonchev–Trinajstić information content (AvgIpc) is 2.87. The molecule has 1 heterocycles. The van der Waals surface area contributed by atoms with Crippen LogP contribution < -0.4 is 10.2 Å². The van der Waals surface area contributed by atoms with Crippen molar-refractivity contribution in [3.05, 3.63) is 40.4 Å². The number of ketones is 1. The first-order chi connectivity index (χ1) is 11.0. The highest BCUT2D eigenvalue weighted by Gasteiger charge is 2.10. The maximum absolute atomic E-state index is 11.4. The van der Waals surface area contributed by atoms with Gasteiger partial charge in [0.2, 0.25) is 5.13 Å². The number of hydrogen-bond donors (Lipinski definition) is 1. The number of rotatable bonds is 7. The molecule has 0 saturated carbocycles. The molecule has 1 aromatic carbocycles. The van der Waals surface area contributed by atoms with Crippen molar-refractivity contribution in [3.63, 3.8) is 0 Å². The van der Waals surface area contributed by atoms with Gasteiger partial charge in [-0.25, -0.2) is 4.98 Å². The predicted octanol–water partition coefficient (Wildman–Crippen LogP) is 4.13. The third-order valence-corrected chi connectivity index (χ3v) is 4.13. The molecule has 0 bridgehead atoms. The summed E-state index contributed by atoms with van der Waals surface area (Å²) in [6.45, 7) is 8.23. The fraction of sp³-hybridized carbons (Fsp3) is 0.353. The Morgan fingerprint density at radius 3 is 2.83 bits per heavy atom. The first-order valence-corrected chi connectivity index (χ1v) is 8.28. The Hall–Kier alpha value is -2.21. The molecule has 0 saturated heterocycles. The highest BCUT2D eigenvalue weighted by Crippen LogP contribution is 2.23. The van der Waals surface area contributed by atoms with Gasteiger partial charge in [0.25, 0.3) is 0 Å². The maximum Gasteiger partial charge on any atom is 0.204 e. The number of hydrogen-bond acceptors (Lipinski definition) is 6. The minimum Gasteiger partial charge on any atom is -0.493 e. The molecule has 5 nitrogen and oxygen atoms in total. The number of benzene rings is 1. The first kappa shape index (κ1) is 17.1. The summed E-state index contributed by atoms with van der Waals surface area (Å²) in [7, 11) is 0. The third kappa shape index (κ3) is 4.89. The number of hydrazone groups is 1. The van der Waals surface area contributed by atoms with Gasteiger partial charge < -0.3 is 4.74 Å². The minimum atomic E-state index is 0.0180. The van der Waals surface area contributed by atoms with E-state index < -0.39 is 0 Å². The Labute approximate surface area is 140 Å². The van der Waals surface area contributed by atoms with E-state index in [2.05, 4.69) is 29.4 Å². The lowest BCUT2D eigenvalue weighted by Gasteiger charge is -2.10. The summed E-state index contributed by atoms with van der Waals surface area (Å²) in [5.41, 5.74) is 4.48. The van der Waals surface area contributed by atoms with Gasteiger partial charge in [-0.15, -0.1) is 0 Å². The van der Waals surface area contributed by atoms with Gasteiger partial charge in [-0.1, -0.05) is 37.3 Å². The maximum atomic E-state index is 11.4. The topological polar surface area (TPSA) is 63.6 Å². The summed E-state index contributed by atoms with van der Waals surface area (Å²) in [4.78, 5) is 16.4. The summed E-state index contributed by atoms with van der Waals surface area (Å²) in [5.74, 6) is 1.28. The Kier molecular flexibility index (Phi) is 5.87. The number of aromatic nitrogens is 1. The quantitative estimate of drug-likeness (QED) is 0.470. The highest BCUT2D eigenvalue weighted by atomic mass is 32.1. The molecule has 0 aliphatic carbocycles. The summed E-state index contributed by atoms with van der Waals surface area (Å²) in [6, 6.07) is 7.73. The second-order valence-electron chi connectivity index (χ2n) is 5.60. The molecule has 0 fully saturated rings. The number of anilines is 1. The molecule has 1 aromatic heterocycles. The number of thiazole rings is 1. The van der Waals surface area contributed by atoms with Crippen molar-refractivity contribution < 1.29 is 9.53 Å². The number of nitrogens with zero attached hydrogens (tertiary/aromatic N) is 2. The van der Waals surface area contributed by atoms with Crippen molar-refractivity contribution in [2.45, 2.75) is 27.7 Å². The molecule has 0 spiro atoms. The van der Waals surface area contributed by atoms with Gasteiger partial charge in [-0.05, 0) is 25.0 Å². The zero-order valence-electron chi connectivity index (χ0n) is 13.8. The van der Waals surface area contributed by atoms with Crippen LogP contribution in [-0.2, 0) is 0 Å². The molecule has 0 amide bonds. The van der Waals surface area contributed by atoms with Gasteiger partial charge >= 0.3 is 0 Å². The molecule has 1 N–H and O–H groups in total. The van der Waals surface area contributed by atoms with E-state index in [9.17, 15) is 4.79 Å². The molecule has 0 atom stereocenters. The van der Waals surface area contributed by atoms with Crippen molar-refractivity contribution in [1.82, 2.24) is 4.98 Å². The van der Waals surface area contributed by atoms with Gasteiger partial charge in [0.05, 0.1) is 23.4 Å². The molecule has 0 unspecified atom stereocenters. The first-order valence-electron chi connectivity index (χ1n) is 7.46. The van der Waals surface area contributed by atoms with Crippen LogP contribution in [0.25, 0.3) is 0 Å². The fourth-order valence-corrected chi connectivity index (χ4v) is 2.71. The van der Waals surface area contributed by atoms with Crippen molar-refractivity contribution in [2.24, 2.45) is 11.0 Å². The van der Waals surface area contributed by atoms with E-state index in [-0.39, 0.29) is 5.78 Å². The monoisotopic (exact) mass is 331 g/mol. The normalized spacial score (nSPS) is 11.2. The fourth-order valence-electron chi connectivity index (χ4n) is 1.90. The Morgan fingerprint density at radius 1 is 1.43 bits per heavy atom. The van der Waals surface area contributed by atoms with E-state index in [0.717, 1.165) is 17.0 Å². The van der Waals surface area contributed by atoms with Gasteiger partial charge in [-0.3, -0.25) is 10.2 Å². The van der Waals surface area contributed by atoms with E-state index in [0.29, 0.717) is 22.5 Å². The van der Waals surface area contributed by atoms with Crippen LogP contribution in [0, 0.1) is 12.8 Å². The van der Waals surface area contributed by atoms with Crippen LogP contribution in [0.15, 0.2) is 29.4 Å². The molecular weight excluding hydrogens is 310 g/mol. The zero-order chi connectivity index (χ0) is 16.8. The number of carbonyl (C=O) groups is 1. The molecule has 2 rings (SSSR count). The molecule has 0 aliphatic rings. The largest absolute Gasteiger partial charge is 0.493 e. The molecule has 2 aromatic rings. The summed E-state index contributed by atoms with van der Waals surface area (Å²) in [6.07, 6.45) is 1.69. The third-order valence-electron chi connectivity index (χ3n) is 2.97. The second-order valence-corrected chi connectivity index (χ2v) is 6.60.